The summed E-state index contributed by atoms with van der Waals surface area (Å²) in [5.41, 5.74) is 4.40. The summed E-state index contributed by atoms with van der Waals surface area (Å²) >= 11 is 32.2. The van der Waals surface area contributed by atoms with Crippen LogP contribution in [0.2, 0.25) is 25.1 Å². The van der Waals surface area contributed by atoms with Crippen LogP contribution in [0.5, 0.6) is 0 Å². The Morgan fingerprint density at radius 2 is 1.35 bits per heavy atom. The maximum absolute atomic E-state index is 13.4. The van der Waals surface area contributed by atoms with Gasteiger partial charge in [0.2, 0.25) is 0 Å². The zero-order chi connectivity index (χ0) is 28.7. The van der Waals surface area contributed by atoms with Gasteiger partial charge in [-0.15, -0.1) is 0 Å². The lowest BCUT2D eigenvalue weighted by Gasteiger charge is -2.41. The van der Waals surface area contributed by atoms with Crippen LogP contribution >= 0.6 is 58.0 Å². The summed E-state index contributed by atoms with van der Waals surface area (Å²) in [7, 11) is 0. The average molecular weight is 631 g/mol. The van der Waals surface area contributed by atoms with Crippen molar-refractivity contribution in [1.29, 1.82) is 0 Å². The van der Waals surface area contributed by atoms with E-state index in [1.807, 2.05) is 36.1 Å². The minimum Gasteiger partial charge on any atom is -0.327 e. The molecule has 0 saturated carbocycles. The molecule has 0 bridgehead atoms. The molecule has 3 aromatic carbocycles. The maximum Gasteiger partial charge on any atom is 0.197 e. The van der Waals surface area contributed by atoms with Crippen molar-refractivity contribution in [3.05, 3.63) is 113 Å². The number of aromatic nitrogens is 1. The molecular formula is C31H21Cl5N2O2. The number of Topliss-reactive ketones (excluding diaryl/α,β-unsaturated/α-hetero) is 2. The fourth-order valence-electron chi connectivity index (χ4n) is 5.74. The standard InChI is InChI=1S/C31H21Cl5N2O2/c1-4-37-16(11-19-28(39)17-13-22(33)23(34)14-18(17)29(19)40)12-21-30(37)38(27-24(35)9-15(32)10-25(27)36)26-8-6-5-7-20(26)31(21,2)3/h5-14H,4H2,1-3H3. The molecule has 1 aliphatic carbocycles. The van der Waals surface area contributed by atoms with Gasteiger partial charge in [0, 0.05) is 39.4 Å². The van der Waals surface area contributed by atoms with Crippen LogP contribution in [0.4, 0.5) is 17.2 Å². The maximum atomic E-state index is 13.4. The van der Waals surface area contributed by atoms with Crippen LogP contribution in [0.25, 0.3) is 6.08 Å². The summed E-state index contributed by atoms with van der Waals surface area (Å²) in [5, 5.41) is 1.67. The van der Waals surface area contributed by atoms with Crippen LogP contribution in [0.1, 0.15) is 58.3 Å². The highest BCUT2D eigenvalue weighted by atomic mass is 35.5. The Balaban J connectivity index is 1.62. The second kappa shape index (κ2) is 9.68. The third kappa shape index (κ3) is 3.96. The summed E-state index contributed by atoms with van der Waals surface area (Å²) < 4.78 is 2.06. The first-order valence-electron chi connectivity index (χ1n) is 12.5. The Labute approximate surface area is 256 Å². The van der Waals surface area contributed by atoms with Crippen LogP contribution < -0.4 is 4.90 Å². The number of ketones is 2. The molecule has 202 valence electrons. The minimum atomic E-state index is -0.421. The number of fused-ring (bicyclic) bond motifs is 3. The van der Waals surface area contributed by atoms with E-state index in [0.29, 0.717) is 33.0 Å². The number of allylic oxidation sites excluding steroid dienone is 1. The molecule has 0 amide bonds. The molecule has 2 heterocycles. The normalized spacial score (nSPS) is 15.3. The van der Waals surface area contributed by atoms with Gasteiger partial charge in [-0.05, 0) is 55.0 Å². The van der Waals surface area contributed by atoms with Gasteiger partial charge in [-0.25, -0.2) is 0 Å². The highest BCUT2D eigenvalue weighted by Gasteiger charge is 2.41. The van der Waals surface area contributed by atoms with Crippen LogP contribution in [0.3, 0.4) is 0 Å². The number of benzene rings is 3. The van der Waals surface area contributed by atoms with Crippen molar-refractivity contribution in [3.8, 4) is 0 Å². The first kappa shape index (κ1) is 27.4. The Morgan fingerprint density at radius 3 is 1.93 bits per heavy atom. The minimum absolute atomic E-state index is 0.0577. The van der Waals surface area contributed by atoms with E-state index < -0.39 is 5.41 Å². The lowest BCUT2D eigenvalue weighted by molar-refractivity contribution is 0.0990. The molecule has 40 heavy (non-hydrogen) atoms. The Hall–Kier alpha value is -2.73. The van der Waals surface area contributed by atoms with Gasteiger partial charge in [0.25, 0.3) is 0 Å². The number of nitrogens with zero attached hydrogens (tertiary/aromatic N) is 2. The molecule has 4 aromatic rings. The van der Waals surface area contributed by atoms with E-state index in [4.69, 9.17) is 58.0 Å². The van der Waals surface area contributed by atoms with Gasteiger partial charge in [0.15, 0.2) is 11.6 Å². The molecule has 0 saturated heterocycles. The lowest BCUT2D eigenvalue weighted by atomic mass is 9.75. The summed E-state index contributed by atoms with van der Waals surface area (Å²) in [6.07, 6.45) is 1.65. The molecule has 6 rings (SSSR count). The fraction of sp³-hybridized carbons (Fsp3) is 0.161. The summed E-state index contributed by atoms with van der Waals surface area (Å²) in [4.78, 5) is 28.8. The predicted molar refractivity (Wildman–Crippen MR) is 165 cm³/mol. The third-order valence-corrected chi connectivity index (χ3v) is 9.17. The number of carbonyl (C=O) groups excluding carboxylic acids is 2. The largest absolute Gasteiger partial charge is 0.327 e. The Kier molecular flexibility index (Phi) is 6.64. The lowest BCUT2D eigenvalue weighted by Crippen LogP contribution is -2.31. The first-order chi connectivity index (χ1) is 18.9. The topological polar surface area (TPSA) is 42.3 Å². The van der Waals surface area contributed by atoms with Crippen molar-refractivity contribution >= 4 is 92.8 Å². The van der Waals surface area contributed by atoms with E-state index in [1.165, 1.54) is 12.1 Å². The number of halogens is 5. The molecule has 0 N–H and O–H groups in total. The SMILES string of the molecule is CCn1c(C=C2C(=O)c3cc(Cl)c(Cl)cc3C2=O)cc2c1N(c1c(Cl)cc(Cl)cc1Cl)c1ccccc1C2(C)C. The summed E-state index contributed by atoms with van der Waals surface area (Å²) in [5.74, 6) is 0.0674. The van der Waals surface area contributed by atoms with Gasteiger partial charge in [0.1, 0.15) is 5.82 Å². The monoisotopic (exact) mass is 628 g/mol. The zero-order valence-corrected chi connectivity index (χ0v) is 25.4. The molecule has 2 aliphatic rings. The van der Waals surface area contributed by atoms with E-state index in [1.54, 1.807) is 18.2 Å². The van der Waals surface area contributed by atoms with Crippen molar-refractivity contribution < 1.29 is 9.59 Å². The van der Waals surface area contributed by atoms with Gasteiger partial charge in [-0.3, -0.25) is 14.5 Å². The Bertz CT molecular complexity index is 1750. The molecule has 9 heteroatoms. The average Bonchev–Trinajstić information content (AvgIpc) is 3.37. The van der Waals surface area contributed by atoms with Gasteiger partial charge < -0.3 is 4.57 Å². The molecule has 4 nitrogen and oxygen atoms in total. The van der Waals surface area contributed by atoms with Crippen molar-refractivity contribution in [2.24, 2.45) is 0 Å². The molecule has 0 spiro atoms. The Morgan fingerprint density at radius 1 is 0.775 bits per heavy atom. The van der Waals surface area contributed by atoms with Gasteiger partial charge in [-0.1, -0.05) is 90.1 Å². The number of hydrogen-bond acceptors (Lipinski definition) is 3. The molecule has 1 aromatic heterocycles. The van der Waals surface area contributed by atoms with Crippen LogP contribution in [0, 0.1) is 0 Å². The van der Waals surface area contributed by atoms with Crippen LogP contribution in [0.15, 0.2) is 60.2 Å². The quantitative estimate of drug-likeness (QED) is 0.167. The summed E-state index contributed by atoms with van der Waals surface area (Å²) in [6, 6.07) is 16.3. The number of rotatable bonds is 3. The number of hydrogen-bond donors (Lipinski definition) is 0. The summed E-state index contributed by atoms with van der Waals surface area (Å²) in [6.45, 7) is 6.84. The van der Waals surface area contributed by atoms with Gasteiger partial charge >= 0.3 is 0 Å². The van der Waals surface area contributed by atoms with Crippen molar-refractivity contribution in [2.45, 2.75) is 32.7 Å². The van der Waals surface area contributed by atoms with E-state index in [0.717, 1.165) is 22.6 Å². The predicted octanol–water partition coefficient (Wildman–Crippen LogP) is 10.3. The molecule has 0 atom stereocenters. The molecule has 0 fully saturated rings. The fourth-order valence-corrected chi connectivity index (χ4v) is 7.05. The van der Waals surface area contributed by atoms with Crippen LogP contribution in [-0.4, -0.2) is 16.1 Å². The second-order valence-electron chi connectivity index (χ2n) is 10.3. The molecule has 0 unspecified atom stereocenters. The molecule has 0 radical (unpaired) electrons. The number of para-hydroxylation sites is 1. The molecular weight excluding hydrogens is 610 g/mol. The second-order valence-corrected chi connectivity index (χ2v) is 12.3. The van der Waals surface area contributed by atoms with E-state index >= 15 is 0 Å². The van der Waals surface area contributed by atoms with Crippen molar-refractivity contribution in [3.63, 3.8) is 0 Å². The highest BCUT2D eigenvalue weighted by molar-refractivity contribution is 6.46. The highest BCUT2D eigenvalue weighted by Crippen LogP contribution is 2.55. The zero-order valence-electron chi connectivity index (χ0n) is 21.6. The smallest absolute Gasteiger partial charge is 0.197 e. The third-order valence-electron chi connectivity index (χ3n) is 7.66. The van der Waals surface area contributed by atoms with Gasteiger partial charge in [0.05, 0.1) is 37.0 Å². The first-order valence-corrected chi connectivity index (χ1v) is 14.4. The van der Waals surface area contributed by atoms with E-state index in [2.05, 4.69) is 24.5 Å². The van der Waals surface area contributed by atoms with Crippen LogP contribution in [-0.2, 0) is 12.0 Å². The number of carbonyl (C=O) groups is 2. The molecule has 1 aliphatic heterocycles. The van der Waals surface area contributed by atoms with Crippen molar-refractivity contribution in [1.82, 2.24) is 4.57 Å². The number of anilines is 3. The van der Waals surface area contributed by atoms with E-state index in [9.17, 15) is 9.59 Å². The van der Waals surface area contributed by atoms with Crippen molar-refractivity contribution in [2.75, 3.05) is 4.90 Å². The van der Waals surface area contributed by atoms with Gasteiger partial charge in [-0.2, -0.15) is 0 Å². The van der Waals surface area contributed by atoms with E-state index in [-0.39, 0.29) is 38.3 Å².